The van der Waals surface area contributed by atoms with E-state index in [-0.39, 0.29) is 10.6 Å². The van der Waals surface area contributed by atoms with Gasteiger partial charge in [0.2, 0.25) is 0 Å². The van der Waals surface area contributed by atoms with E-state index in [9.17, 15) is 9.59 Å². The minimum absolute atomic E-state index is 0.193. The van der Waals surface area contributed by atoms with Gasteiger partial charge in [0.15, 0.2) is 6.61 Å². The van der Waals surface area contributed by atoms with Crippen molar-refractivity contribution < 1.29 is 14.3 Å². The van der Waals surface area contributed by atoms with Crippen LogP contribution in [0.2, 0.25) is 5.02 Å². The SMILES string of the molecule is O=C(COC(=O)c1cc(Br)ccc1Cl)Nc1cccc2ncccc12. The fraction of sp³-hybridized carbons (Fsp3) is 0.0556. The molecule has 0 bridgehead atoms. The second kappa shape index (κ2) is 7.63. The summed E-state index contributed by atoms with van der Waals surface area (Å²) >= 11 is 9.23. The van der Waals surface area contributed by atoms with Crippen LogP contribution >= 0.6 is 27.5 Å². The Kier molecular flexibility index (Phi) is 5.31. The fourth-order valence-electron chi connectivity index (χ4n) is 2.26. The summed E-state index contributed by atoms with van der Waals surface area (Å²) in [5, 5.41) is 3.78. The number of carbonyl (C=O) groups excluding carboxylic acids is 2. The van der Waals surface area contributed by atoms with Gasteiger partial charge in [-0.3, -0.25) is 9.78 Å². The molecule has 1 heterocycles. The van der Waals surface area contributed by atoms with Crippen LogP contribution in [0.3, 0.4) is 0 Å². The summed E-state index contributed by atoms with van der Waals surface area (Å²) < 4.78 is 5.73. The lowest BCUT2D eigenvalue weighted by molar-refractivity contribution is -0.119. The van der Waals surface area contributed by atoms with Crippen LogP contribution in [0, 0.1) is 0 Å². The summed E-state index contributed by atoms with van der Waals surface area (Å²) in [6.45, 7) is -0.418. The average Bonchev–Trinajstić information content (AvgIpc) is 2.62. The highest BCUT2D eigenvalue weighted by atomic mass is 79.9. The number of pyridine rings is 1. The first-order chi connectivity index (χ1) is 12.0. The number of benzene rings is 2. The summed E-state index contributed by atoms with van der Waals surface area (Å²) in [5.41, 5.74) is 1.56. The quantitative estimate of drug-likeness (QED) is 0.635. The van der Waals surface area contributed by atoms with Crippen molar-refractivity contribution in [3.63, 3.8) is 0 Å². The maximum Gasteiger partial charge on any atom is 0.340 e. The van der Waals surface area contributed by atoms with E-state index in [0.717, 1.165) is 10.9 Å². The zero-order chi connectivity index (χ0) is 17.8. The van der Waals surface area contributed by atoms with Crippen molar-refractivity contribution in [2.75, 3.05) is 11.9 Å². The van der Waals surface area contributed by atoms with Crippen LogP contribution in [-0.2, 0) is 9.53 Å². The number of carbonyl (C=O) groups is 2. The number of amides is 1. The lowest BCUT2D eigenvalue weighted by Gasteiger charge is -2.09. The van der Waals surface area contributed by atoms with Crippen molar-refractivity contribution in [2.45, 2.75) is 0 Å². The van der Waals surface area contributed by atoms with Crippen molar-refractivity contribution in [3.05, 3.63) is 69.8 Å². The summed E-state index contributed by atoms with van der Waals surface area (Å²) in [4.78, 5) is 28.4. The molecule has 0 fully saturated rings. The van der Waals surface area contributed by atoms with Gasteiger partial charge < -0.3 is 10.1 Å². The molecule has 1 amide bonds. The molecule has 126 valence electrons. The lowest BCUT2D eigenvalue weighted by atomic mass is 10.2. The molecule has 0 saturated carbocycles. The monoisotopic (exact) mass is 418 g/mol. The molecule has 0 atom stereocenters. The van der Waals surface area contributed by atoms with Crippen molar-refractivity contribution in [3.8, 4) is 0 Å². The number of nitrogens with one attached hydrogen (secondary N) is 1. The van der Waals surface area contributed by atoms with Gasteiger partial charge in [0.1, 0.15) is 0 Å². The summed E-state index contributed by atoms with van der Waals surface area (Å²) in [5.74, 6) is -1.11. The van der Waals surface area contributed by atoms with Gasteiger partial charge in [0.05, 0.1) is 21.8 Å². The Morgan fingerprint density at radius 2 is 2.00 bits per heavy atom. The number of esters is 1. The zero-order valence-electron chi connectivity index (χ0n) is 12.8. The summed E-state index contributed by atoms with van der Waals surface area (Å²) in [7, 11) is 0. The van der Waals surface area contributed by atoms with E-state index in [4.69, 9.17) is 16.3 Å². The molecule has 1 N–H and O–H groups in total. The Labute approximate surface area is 157 Å². The van der Waals surface area contributed by atoms with Crippen molar-refractivity contribution in [2.24, 2.45) is 0 Å². The van der Waals surface area contributed by atoms with Crippen LogP contribution in [0.5, 0.6) is 0 Å². The van der Waals surface area contributed by atoms with Gasteiger partial charge in [-0.25, -0.2) is 4.79 Å². The maximum atomic E-state index is 12.1. The molecule has 0 aliphatic heterocycles. The Morgan fingerprint density at radius 1 is 1.16 bits per heavy atom. The minimum atomic E-state index is -0.666. The van der Waals surface area contributed by atoms with Gasteiger partial charge in [0, 0.05) is 16.1 Å². The Balaban J connectivity index is 1.66. The van der Waals surface area contributed by atoms with E-state index >= 15 is 0 Å². The molecule has 0 spiro atoms. The van der Waals surface area contributed by atoms with Crippen molar-refractivity contribution >= 4 is 56.0 Å². The molecule has 0 saturated heterocycles. The third-order valence-corrected chi connectivity index (χ3v) is 4.23. The Bertz CT molecular complexity index is 957. The van der Waals surface area contributed by atoms with Crippen LogP contribution in [0.25, 0.3) is 10.9 Å². The number of rotatable bonds is 4. The Hall–Kier alpha value is -2.44. The molecule has 3 rings (SSSR count). The van der Waals surface area contributed by atoms with E-state index in [1.54, 1.807) is 42.6 Å². The van der Waals surface area contributed by atoms with E-state index < -0.39 is 18.5 Å². The number of aromatic nitrogens is 1. The standard InChI is InChI=1S/C18H12BrClN2O3/c19-11-6-7-14(20)13(9-11)18(24)25-10-17(23)22-16-5-1-4-15-12(16)3-2-8-21-15/h1-9H,10H2,(H,22,23). The average molecular weight is 420 g/mol. The maximum absolute atomic E-state index is 12.1. The summed E-state index contributed by atoms with van der Waals surface area (Å²) in [6, 6.07) is 13.9. The second-order valence-electron chi connectivity index (χ2n) is 5.12. The molecule has 5 nitrogen and oxygen atoms in total. The zero-order valence-corrected chi connectivity index (χ0v) is 15.2. The molecule has 7 heteroatoms. The van der Waals surface area contributed by atoms with Gasteiger partial charge in [-0.05, 0) is 42.5 Å². The number of fused-ring (bicyclic) bond motifs is 1. The van der Waals surface area contributed by atoms with Gasteiger partial charge >= 0.3 is 5.97 Å². The third kappa shape index (κ3) is 4.15. The topological polar surface area (TPSA) is 68.3 Å². The normalized spacial score (nSPS) is 10.5. The van der Waals surface area contributed by atoms with Crippen LogP contribution in [-0.4, -0.2) is 23.5 Å². The predicted molar refractivity (Wildman–Crippen MR) is 99.8 cm³/mol. The van der Waals surface area contributed by atoms with E-state index in [1.807, 2.05) is 12.1 Å². The molecule has 0 unspecified atom stereocenters. The molecular weight excluding hydrogens is 408 g/mol. The molecule has 2 aromatic carbocycles. The van der Waals surface area contributed by atoms with Crippen LogP contribution in [0.15, 0.2) is 59.2 Å². The minimum Gasteiger partial charge on any atom is -0.452 e. The highest BCUT2D eigenvalue weighted by Gasteiger charge is 2.15. The van der Waals surface area contributed by atoms with Crippen LogP contribution in [0.4, 0.5) is 5.69 Å². The summed E-state index contributed by atoms with van der Waals surface area (Å²) in [6.07, 6.45) is 1.68. The smallest absolute Gasteiger partial charge is 0.340 e. The van der Waals surface area contributed by atoms with Gasteiger partial charge in [-0.2, -0.15) is 0 Å². The number of halogens is 2. The predicted octanol–water partition coefficient (Wildman–Crippen LogP) is 4.45. The number of hydrogen-bond acceptors (Lipinski definition) is 4. The van der Waals surface area contributed by atoms with E-state index in [0.29, 0.717) is 10.2 Å². The molecule has 0 radical (unpaired) electrons. The number of hydrogen-bond donors (Lipinski definition) is 1. The molecule has 0 aliphatic rings. The van der Waals surface area contributed by atoms with Gasteiger partial charge in [-0.15, -0.1) is 0 Å². The number of nitrogens with zero attached hydrogens (tertiary/aromatic N) is 1. The van der Waals surface area contributed by atoms with E-state index in [1.165, 1.54) is 0 Å². The largest absolute Gasteiger partial charge is 0.452 e. The van der Waals surface area contributed by atoms with Gasteiger partial charge in [-0.1, -0.05) is 33.6 Å². The highest BCUT2D eigenvalue weighted by molar-refractivity contribution is 9.10. The molecule has 3 aromatic rings. The van der Waals surface area contributed by atoms with Crippen LogP contribution in [0.1, 0.15) is 10.4 Å². The van der Waals surface area contributed by atoms with Crippen molar-refractivity contribution in [1.82, 2.24) is 4.98 Å². The van der Waals surface area contributed by atoms with Gasteiger partial charge in [0.25, 0.3) is 5.91 Å². The van der Waals surface area contributed by atoms with E-state index in [2.05, 4.69) is 26.2 Å². The number of anilines is 1. The first-order valence-electron chi connectivity index (χ1n) is 7.30. The third-order valence-electron chi connectivity index (χ3n) is 3.40. The molecular formula is C18H12BrClN2O3. The lowest BCUT2D eigenvalue weighted by Crippen LogP contribution is -2.21. The molecule has 1 aromatic heterocycles. The molecule has 0 aliphatic carbocycles. The highest BCUT2D eigenvalue weighted by Crippen LogP contribution is 2.23. The Morgan fingerprint density at radius 3 is 2.84 bits per heavy atom. The first-order valence-corrected chi connectivity index (χ1v) is 8.47. The first kappa shape index (κ1) is 17.4. The number of ether oxygens (including phenoxy) is 1. The second-order valence-corrected chi connectivity index (χ2v) is 6.45. The molecule has 25 heavy (non-hydrogen) atoms. The van der Waals surface area contributed by atoms with Crippen LogP contribution < -0.4 is 5.32 Å². The fourth-order valence-corrected chi connectivity index (χ4v) is 2.82. The van der Waals surface area contributed by atoms with Crippen molar-refractivity contribution in [1.29, 1.82) is 0 Å².